The molecule has 0 bridgehead atoms. The largest absolute Gasteiger partial charge is 0.496 e. The predicted molar refractivity (Wildman–Crippen MR) is 56.9 cm³/mol. The molecule has 0 atom stereocenters. The van der Waals surface area contributed by atoms with E-state index < -0.39 is 5.92 Å². The van der Waals surface area contributed by atoms with Crippen LogP contribution in [0.2, 0.25) is 0 Å². The van der Waals surface area contributed by atoms with E-state index in [0.717, 1.165) is 6.92 Å². The topological polar surface area (TPSA) is 26.3 Å². The Labute approximate surface area is 93.2 Å². The second kappa shape index (κ2) is 4.60. The van der Waals surface area contributed by atoms with Gasteiger partial charge in [0.2, 0.25) is 0 Å². The molecule has 0 N–H and O–H groups in total. The molecule has 0 aliphatic heterocycles. The van der Waals surface area contributed by atoms with Crippen LogP contribution < -0.4 is 4.74 Å². The highest BCUT2D eigenvalue weighted by Gasteiger charge is 2.29. The van der Waals surface area contributed by atoms with Crippen molar-refractivity contribution in [3.63, 3.8) is 0 Å². The second-order valence-corrected chi connectivity index (χ2v) is 3.75. The fourth-order valence-corrected chi connectivity index (χ4v) is 1.60. The monoisotopic (exact) mass is 228 g/mol. The Kier molecular flexibility index (Phi) is 3.62. The molecule has 0 unspecified atom stereocenters. The van der Waals surface area contributed by atoms with E-state index in [1.807, 2.05) is 0 Å². The molecular weight excluding hydrogens is 214 g/mol. The fraction of sp³-hybridized carbons (Fsp3) is 0.417. The van der Waals surface area contributed by atoms with E-state index in [4.69, 9.17) is 4.74 Å². The molecule has 4 heteroatoms. The molecule has 1 rings (SSSR count). The van der Waals surface area contributed by atoms with E-state index >= 15 is 0 Å². The van der Waals surface area contributed by atoms with E-state index in [1.54, 1.807) is 6.07 Å². The molecule has 0 spiro atoms. The van der Waals surface area contributed by atoms with Crippen LogP contribution in [-0.4, -0.2) is 12.9 Å². The van der Waals surface area contributed by atoms with Gasteiger partial charge in [0.05, 0.1) is 7.11 Å². The third kappa shape index (κ3) is 2.78. The van der Waals surface area contributed by atoms with Gasteiger partial charge in [-0.25, -0.2) is 8.78 Å². The molecule has 2 nitrogen and oxygen atoms in total. The average molecular weight is 228 g/mol. The van der Waals surface area contributed by atoms with Crippen LogP contribution in [0, 0.1) is 0 Å². The molecule has 16 heavy (non-hydrogen) atoms. The van der Waals surface area contributed by atoms with Crippen molar-refractivity contribution in [2.75, 3.05) is 7.11 Å². The third-order valence-corrected chi connectivity index (χ3v) is 2.25. The van der Waals surface area contributed by atoms with Crippen LogP contribution in [0.3, 0.4) is 0 Å². The van der Waals surface area contributed by atoms with Crippen LogP contribution in [-0.2, 0) is 17.1 Å². The zero-order valence-corrected chi connectivity index (χ0v) is 9.51. The van der Waals surface area contributed by atoms with Crippen molar-refractivity contribution >= 4 is 5.78 Å². The van der Waals surface area contributed by atoms with Crippen LogP contribution in [0.5, 0.6) is 5.75 Å². The van der Waals surface area contributed by atoms with Gasteiger partial charge in [-0.15, -0.1) is 0 Å². The van der Waals surface area contributed by atoms with Crippen LogP contribution in [0.1, 0.15) is 25.0 Å². The van der Waals surface area contributed by atoms with Crippen molar-refractivity contribution in [2.24, 2.45) is 0 Å². The van der Waals surface area contributed by atoms with Crippen molar-refractivity contribution in [1.82, 2.24) is 0 Å². The lowest BCUT2D eigenvalue weighted by Gasteiger charge is -2.17. The quantitative estimate of drug-likeness (QED) is 0.792. The van der Waals surface area contributed by atoms with Crippen molar-refractivity contribution in [1.29, 1.82) is 0 Å². The second-order valence-electron chi connectivity index (χ2n) is 3.75. The highest BCUT2D eigenvalue weighted by Crippen LogP contribution is 2.34. The van der Waals surface area contributed by atoms with Crippen LogP contribution in [0.15, 0.2) is 18.2 Å². The van der Waals surface area contributed by atoms with Gasteiger partial charge < -0.3 is 4.74 Å². The molecule has 0 heterocycles. The minimum atomic E-state index is -2.97. The highest BCUT2D eigenvalue weighted by atomic mass is 19.3. The summed E-state index contributed by atoms with van der Waals surface area (Å²) in [5.41, 5.74) is 0.118. The number of hydrogen-bond donors (Lipinski definition) is 0. The summed E-state index contributed by atoms with van der Waals surface area (Å²) in [5, 5.41) is 0. The molecule has 0 aromatic heterocycles. The van der Waals surface area contributed by atoms with Gasteiger partial charge in [0.25, 0.3) is 5.92 Å². The maximum atomic E-state index is 13.3. The average Bonchev–Trinajstić information content (AvgIpc) is 2.15. The maximum Gasteiger partial charge on any atom is 0.270 e. The molecule has 0 aliphatic carbocycles. The number of Topliss-reactive ketones (excluding diaryl/α,β-unsaturated/α-hetero) is 1. The van der Waals surface area contributed by atoms with Crippen LogP contribution >= 0.6 is 0 Å². The molecule has 0 saturated heterocycles. The zero-order valence-electron chi connectivity index (χ0n) is 9.51. The summed E-state index contributed by atoms with van der Waals surface area (Å²) in [4.78, 5) is 11.1. The van der Waals surface area contributed by atoms with Gasteiger partial charge in [-0.3, -0.25) is 4.79 Å². The van der Waals surface area contributed by atoms with Crippen molar-refractivity contribution in [3.05, 3.63) is 29.3 Å². The van der Waals surface area contributed by atoms with Crippen LogP contribution in [0.4, 0.5) is 8.78 Å². The minimum absolute atomic E-state index is 0.0389. The lowest BCUT2D eigenvalue weighted by Crippen LogP contribution is -2.13. The summed E-state index contributed by atoms with van der Waals surface area (Å²) >= 11 is 0. The van der Waals surface area contributed by atoms with Crippen molar-refractivity contribution in [3.8, 4) is 5.75 Å². The van der Waals surface area contributed by atoms with Crippen molar-refractivity contribution < 1.29 is 18.3 Å². The van der Waals surface area contributed by atoms with E-state index in [1.165, 1.54) is 26.2 Å². The molecule has 0 fully saturated rings. The Bertz CT molecular complexity index is 394. The van der Waals surface area contributed by atoms with Crippen LogP contribution in [0.25, 0.3) is 0 Å². The van der Waals surface area contributed by atoms with E-state index in [2.05, 4.69) is 0 Å². The zero-order chi connectivity index (χ0) is 12.3. The molecular formula is C12H14F2O2. The van der Waals surface area contributed by atoms with Crippen molar-refractivity contribution in [2.45, 2.75) is 26.2 Å². The van der Waals surface area contributed by atoms with E-state index in [-0.39, 0.29) is 23.3 Å². The number of ketones is 1. The SMILES string of the molecule is COc1cccc(C(C)(F)F)c1CC(C)=O. The number of methoxy groups -OCH3 is 1. The maximum absolute atomic E-state index is 13.3. The number of ether oxygens (including phenoxy) is 1. The number of benzene rings is 1. The molecule has 0 saturated carbocycles. The molecule has 0 amide bonds. The Morgan fingerprint density at radius 1 is 1.44 bits per heavy atom. The Balaban J connectivity index is 3.31. The molecule has 0 aliphatic rings. The molecule has 1 aromatic carbocycles. The van der Waals surface area contributed by atoms with Gasteiger partial charge in [-0.05, 0) is 13.0 Å². The summed E-state index contributed by atoms with van der Waals surface area (Å²) < 4.78 is 31.6. The van der Waals surface area contributed by atoms with E-state index in [0.29, 0.717) is 5.75 Å². The number of rotatable bonds is 4. The first kappa shape index (κ1) is 12.6. The smallest absolute Gasteiger partial charge is 0.270 e. The summed E-state index contributed by atoms with van der Waals surface area (Å²) in [5.74, 6) is -2.82. The lowest BCUT2D eigenvalue weighted by molar-refractivity contribution is -0.116. The predicted octanol–water partition coefficient (Wildman–Crippen LogP) is 2.94. The summed E-state index contributed by atoms with van der Waals surface area (Å²) in [6, 6.07) is 4.39. The standard InChI is InChI=1S/C12H14F2O2/c1-8(15)7-9-10(12(2,13)14)5-4-6-11(9)16-3/h4-6H,7H2,1-3H3. The Hall–Kier alpha value is -1.45. The molecule has 1 aromatic rings. The number of alkyl halides is 2. The number of hydrogen-bond acceptors (Lipinski definition) is 2. The summed E-state index contributed by atoms with van der Waals surface area (Å²) in [7, 11) is 1.40. The van der Waals surface area contributed by atoms with Gasteiger partial charge in [0.15, 0.2) is 0 Å². The normalized spacial score (nSPS) is 11.3. The summed E-state index contributed by atoms with van der Waals surface area (Å²) in [6.07, 6.45) is -0.0389. The first-order chi connectivity index (χ1) is 7.36. The van der Waals surface area contributed by atoms with Gasteiger partial charge in [-0.2, -0.15) is 0 Å². The molecule has 88 valence electrons. The number of carbonyl (C=O) groups is 1. The molecule has 0 radical (unpaired) electrons. The lowest BCUT2D eigenvalue weighted by atomic mass is 9.97. The van der Waals surface area contributed by atoms with Gasteiger partial charge in [0.1, 0.15) is 11.5 Å². The summed E-state index contributed by atoms with van der Waals surface area (Å²) in [6.45, 7) is 2.18. The highest BCUT2D eigenvalue weighted by molar-refractivity contribution is 5.79. The first-order valence-electron chi connectivity index (χ1n) is 4.90. The minimum Gasteiger partial charge on any atom is -0.496 e. The fourth-order valence-electron chi connectivity index (χ4n) is 1.60. The van der Waals surface area contributed by atoms with Gasteiger partial charge in [0, 0.05) is 24.5 Å². The Morgan fingerprint density at radius 2 is 2.06 bits per heavy atom. The first-order valence-corrected chi connectivity index (χ1v) is 4.90. The van der Waals surface area contributed by atoms with Gasteiger partial charge in [-0.1, -0.05) is 12.1 Å². The number of halogens is 2. The Morgan fingerprint density at radius 3 is 2.50 bits per heavy atom. The van der Waals surface area contributed by atoms with Gasteiger partial charge >= 0.3 is 0 Å². The van der Waals surface area contributed by atoms with E-state index in [9.17, 15) is 13.6 Å². The number of carbonyl (C=O) groups excluding carboxylic acids is 1. The third-order valence-electron chi connectivity index (χ3n) is 2.25.